The number of hydrogen-bond acceptors (Lipinski definition) is 3. The van der Waals surface area contributed by atoms with Gasteiger partial charge in [-0.1, -0.05) is 0 Å². The number of benzene rings is 1. The molecule has 8 heteroatoms. The Morgan fingerprint density at radius 2 is 2.17 bits per heavy atom. The first-order valence-corrected chi connectivity index (χ1v) is 7.49. The Hall–Kier alpha value is -0.700. The molecule has 0 saturated heterocycles. The Kier molecular flexibility index (Phi) is 5.51. The fourth-order valence-corrected chi connectivity index (χ4v) is 2.68. The van der Waals surface area contributed by atoms with Crippen molar-refractivity contribution in [1.29, 1.82) is 0 Å². The summed E-state index contributed by atoms with van der Waals surface area (Å²) in [6.45, 7) is 0.711. The Morgan fingerprint density at radius 1 is 1.50 bits per heavy atom. The molecule has 0 aliphatic heterocycles. The molecule has 102 valence electrons. The molecule has 0 spiro atoms. The van der Waals surface area contributed by atoms with Gasteiger partial charge < -0.3 is 5.73 Å². The maximum atomic E-state index is 13.0. The smallest absolute Gasteiger partial charge is 0.301 e. The Labute approximate surface area is 114 Å². The largest absolute Gasteiger partial charge is 0.330 e. The van der Waals surface area contributed by atoms with Gasteiger partial charge in [0.05, 0.1) is 5.69 Å². The number of hydrogen-bond donors (Lipinski definition) is 2. The van der Waals surface area contributed by atoms with Crippen molar-refractivity contribution in [3.05, 3.63) is 28.5 Å². The van der Waals surface area contributed by atoms with Gasteiger partial charge in [-0.15, -0.1) is 0 Å². The van der Waals surface area contributed by atoms with Crippen molar-refractivity contribution in [1.82, 2.24) is 4.31 Å². The highest BCUT2D eigenvalue weighted by Crippen LogP contribution is 2.24. The lowest BCUT2D eigenvalue weighted by Gasteiger charge is -2.18. The highest BCUT2D eigenvalue weighted by atomic mass is 79.9. The Balaban J connectivity index is 2.85. The van der Waals surface area contributed by atoms with Gasteiger partial charge in [0.15, 0.2) is 0 Å². The zero-order valence-corrected chi connectivity index (χ0v) is 12.3. The van der Waals surface area contributed by atoms with Crippen molar-refractivity contribution < 1.29 is 12.8 Å². The summed E-state index contributed by atoms with van der Waals surface area (Å²) >= 11 is 3.15. The quantitative estimate of drug-likeness (QED) is 0.825. The molecule has 18 heavy (non-hydrogen) atoms. The maximum absolute atomic E-state index is 13.0. The van der Waals surface area contributed by atoms with Gasteiger partial charge in [-0.05, 0) is 47.1 Å². The Bertz CT molecular complexity index is 510. The SMILES string of the molecule is CN(CCCN)S(=O)(=O)Nc1cc(F)ccc1Br. The lowest BCUT2D eigenvalue weighted by Crippen LogP contribution is -2.34. The molecule has 1 aromatic rings. The highest BCUT2D eigenvalue weighted by molar-refractivity contribution is 9.10. The van der Waals surface area contributed by atoms with Crippen LogP contribution in [0.2, 0.25) is 0 Å². The van der Waals surface area contributed by atoms with E-state index in [1.165, 1.54) is 19.2 Å². The number of halogens is 2. The van der Waals surface area contributed by atoms with Crippen molar-refractivity contribution in [2.45, 2.75) is 6.42 Å². The first-order chi connectivity index (χ1) is 8.36. The van der Waals surface area contributed by atoms with E-state index in [9.17, 15) is 12.8 Å². The van der Waals surface area contributed by atoms with E-state index in [1.807, 2.05) is 0 Å². The van der Waals surface area contributed by atoms with E-state index in [2.05, 4.69) is 20.7 Å². The molecule has 0 aliphatic rings. The van der Waals surface area contributed by atoms with Gasteiger partial charge in [0.25, 0.3) is 0 Å². The van der Waals surface area contributed by atoms with Gasteiger partial charge in [0.1, 0.15) is 5.82 Å². The molecule has 0 bridgehead atoms. The predicted molar refractivity (Wildman–Crippen MR) is 72.9 cm³/mol. The van der Waals surface area contributed by atoms with E-state index < -0.39 is 16.0 Å². The molecule has 5 nitrogen and oxygen atoms in total. The minimum Gasteiger partial charge on any atom is -0.330 e. The van der Waals surface area contributed by atoms with Crippen LogP contribution in [0.3, 0.4) is 0 Å². The zero-order valence-electron chi connectivity index (χ0n) is 9.86. The van der Waals surface area contributed by atoms with Crippen LogP contribution in [0.15, 0.2) is 22.7 Å². The third-order valence-corrected chi connectivity index (χ3v) is 4.43. The van der Waals surface area contributed by atoms with Crippen molar-refractivity contribution in [2.24, 2.45) is 5.73 Å². The van der Waals surface area contributed by atoms with Gasteiger partial charge >= 0.3 is 10.2 Å². The van der Waals surface area contributed by atoms with Crippen molar-refractivity contribution in [2.75, 3.05) is 24.9 Å². The minimum absolute atomic E-state index is 0.162. The molecule has 1 rings (SSSR count). The molecule has 0 saturated carbocycles. The van der Waals surface area contributed by atoms with Crippen LogP contribution in [-0.2, 0) is 10.2 Å². The van der Waals surface area contributed by atoms with Gasteiger partial charge in [0.2, 0.25) is 0 Å². The summed E-state index contributed by atoms with van der Waals surface area (Å²) in [5.74, 6) is -0.513. The molecule has 3 N–H and O–H groups in total. The fourth-order valence-electron chi connectivity index (χ4n) is 1.23. The van der Waals surface area contributed by atoms with Crippen LogP contribution in [-0.4, -0.2) is 32.9 Å². The molecule has 0 heterocycles. The van der Waals surface area contributed by atoms with E-state index in [-0.39, 0.29) is 5.69 Å². The first kappa shape index (κ1) is 15.4. The normalized spacial score (nSPS) is 11.8. The summed E-state index contributed by atoms with van der Waals surface area (Å²) in [5.41, 5.74) is 5.48. The van der Waals surface area contributed by atoms with E-state index in [0.29, 0.717) is 24.0 Å². The third-order valence-electron chi connectivity index (χ3n) is 2.25. The first-order valence-electron chi connectivity index (χ1n) is 5.26. The van der Waals surface area contributed by atoms with Crippen molar-refractivity contribution >= 4 is 31.8 Å². The van der Waals surface area contributed by atoms with Crippen LogP contribution in [0.5, 0.6) is 0 Å². The standard InChI is InChI=1S/C10H15BrFN3O2S/c1-15(6-2-5-13)18(16,17)14-10-7-8(12)3-4-9(10)11/h3-4,7,14H,2,5-6,13H2,1H3. The number of anilines is 1. The van der Waals surface area contributed by atoms with Crippen LogP contribution >= 0.6 is 15.9 Å². The number of nitrogens with two attached hydrogens (primary N) is 1. The fraction of sp³-hybridized carbons (Fsp3) is 0.400. The number of nitrogens with zero attached hydrogens (tertiary/aromatic N) is 1. The van der Waals surface area contributed by atoms with Crippen LogP contribution in [0.1, 0.15) is 6.42 Å². The molecular weight excluding hydrogens is 325 g/mol. The molecule has 0 aliphatic carbocycles. The summed E-state index contributed by atoms with van der Waals surface area (Å²) in [4.78, 5) is 0. The number of nitrogens with one attached hydrogen (secondary N) is 1. The van der Waals surface area contributed by atoms with E-state index in [4.69, 9.17) is 5.73 Å². The second kappa shape index (κ2) is 6.46. The summed E-state index contributed by atoms with van der Waals surface area (Å²) in [5, 5.41) is 0. The van der Waals surface area contributed by atoms with Crippen LogP contribution in [0.25, 0.3) is 0 Å². The van der Waals surface area contributed by atoms with Crippen molar-refractivity contribution in [3.63, 3.8) is 0 Å². The van der Waals surface area contributed by atoms with Crippen LogP contribution < -0.4 is 10.5 Å². The average Bonchev–Trinajstić information content (AvgIpc) is 2.30. The second-order valence-corrected chi connectivity index (χ2v) is 6.33. The van der Waals surface area contributed by atoms with E-state index in [1.54, 1.807) is 0 Å². The van der Waals surface area contributed by atoms with Gasteiger partial charge in [-0.3, -0.25) is 4.72 Å². The summed E-state index contributed by atoms with van der Waals surface area (Å²) in [6, 6.07) is 3.78. The van der Waals surface area contributed by atoms with E-state index >= 15 is 0 Å². The molecule has 0 unspecified atom stereocenters. The maximum Gasteiger partial charge on any atom is 0.301 e. The van der Waals surface area contributed by atoms with Crippen LogP contribution in [0, 0.1) is 5.82 Å². The minimum atomic E-state index is -3.69. The summed E-state index contributed by atoms with van der Waals surface area (Å²) < 4.78 is 40.8. The van der Waals surface area contributed by atoms with Gasteiger partial charge in [0, 0.05) is 18.1 Å². The Morgan fingerprint density at radius 3 is 2.78 bits per heavy atom. The molecule has 0 amide bonds. The highest BCUT2D eigenvalue weighted by Gasteiger charge is 2.18. The second-order valence-electron chi connectivity index (χ2n) is 3.70. The monoisotopic (exact) mass is 339 g/mol. The molecule has 0 atom stereocenters. The predicted octanol–water partition coefficient (Wildman–Crippen LogP) is 1.53. The molecule has 0 fully saturated rings. The average molecular weight is 340 g/mol. The topological polar surface area (TPSA) is 75.4 Å². The third kappa shape index (κ3) is 4.20. The van der Waals surface area contributed by atoms with E-state index in [0.717, 1.165) is 10.4 Å². The zero-order chi connectivity index (χ0) is 13.8. The van der Waals surface area contributed by atoms with Crippen molar-refractivity contribution in [3.8, 4) is 0 Å². The number of rotatable bonds is 6. The molecular formula is C10H15BrFN3O2S. The van der Waals surface area contributed by atoms with Crippen LogP contribution in [0.4, 0.5) is 10.1 Å². The molecule has 0 radical (unpaired) electrons. The summed E-state index contributed by atoms with van der Waals surface area (Å²) in [6.07, 6.45) is 0.557. The lowest BCUT2D eigenvalue weighted by molar-refractivity contribution is 0.468. The summed E-state index contributed by atoms with van der Waals surface area (Å²) in [7, 11) is -2.26. The molecule has 1 aromatic carbocycles. The van der Waals surface area contributed by atoms with Gasteiger partial charge in [-0.2, -0.15) is 12.7 Å². The van der Waals surface area contributed by atoms with Gasteiger partial charge in [-0.25, -0.2) is 4.39 Å². The molecule has 0 aromatic heterocycles. The lowest BCUT2D eigenvalue weighted by atomic mass is 10.3.